The highest BCUT2D eigenvalue weighted by molar-refractivity contribution is 5.74. The number of carboxylic acid groups (broad SMARTS) is 1. The summed E-state index contributed by atoms with van der Waals surface area (Å²) in [7, 11) is 0. The minimum Gasteiger partial charge on any atom is -0.480 e. The third-order valence-electron chi connectivity index (χ3n) is 5.61. The quantitative estimate of drug-likeness (QED) is 0.661. The van der Waals surface area contributed by atoms with Crippen molar-refractivity contribution in [3.63, 3.8) is 0 Å². The maximum absolute atomic E-state index is 13.1. The number of hydrogen-bond acceptors (Lipinski definition) is 3. The number of nitrogens with one attached hydrogen (secondary N) is 2. The molecule has 2 amide bonds. The molecule has 2 aliphatic rings. The predicted octanol–water partition coefficient (Wildman–Crippen LogP) is 2.09. The van der Waals surface area contributed by atoms with E-state index < -0.39 is 5.97 Å². The number of carbonyl (C=O) groups is 2. The van der Waals surface area contributed by atoms with E-state index in [1.807, 2.05) is 11.8 Å². The first kappa shape index (κ1) is 18.6. The molecule has 3 rings (SSSR count). The first-order valence-corrected chi connectivity index (χ1v) is 9.18. The van der Waals surface area contributed by atoms with Crippen molar-refractivity contribution in [2.75, 3.05) is 19.6 Å². The topological polar surface area (TPSA) is 81.7 Å². The molecule has 2 saturated carbocycles. The Morgan fingerprint density at radius 3 is 2.46 bits per heavy atom. The van der Waals surface area contributed by atoms with Gasteiger partial charge in [-0.05, 0) is 49.9 Å². The average Bonchev–Trinajstić information content (AvgIpc) is 3.35. The molecule has 6 nitrogen and oxygen atoms in total. The van der Waals surface area contributed by atoms with Gasteiger partial charge in [-0.3, -0.25) is 9.69 Å². The van der Waals surface area contributed by atoms with Gasteiger partial charge >= 0.3 is 12.0 Å². The Hall–Kier alpha value is -2.15. The van der Waals surface area contributed by atoms with Crippen LogP contribution in [-0.2, 0) is 10.2 Å². The summed E-state index contributed by atoms with van der Waals surface area (Å²) in [5.74, 6) is -1.07. The van der Waals surface area contributed by atoms with E-state index in [4.69, 9.17) is 5.11 Å². The van der Waals surface area contributed by atoms with E-state index in [1.165, 1.54) is 12.1 Å². The standard InChI is InChI=1S/C19H26FN3O3/c1-2-23(11-17(24)25)16-9-15(10-16)22-18(26)21-12-19(7-8-19)13-3-5-14(20)6-4-13/h3-6,15-16H,2,7-12H2,1H3,(H,24,25)(H2,21,22,26). The van der Waals surface area contributed by atoms with Gasteiger partial charge in [-0.25, -0.2) is 9.18 Å². The Labute approximate surface area is 152 Å². The van der Waals surface area contributed by atoms with Crippen molar-refractivity contribution in [3.8, 4) is 0 Å². The molecule has 0 aromatic heterocycles. The number of amides is 2. The number of carbonyl (C=O) groups excluding carboxylic acids is 1. The van der Waals surface area contributed by atoms with Crippen molar-refractivity contribution in [2.24, 2.45) is 0 Å². The fourth-order valence-electron chi connectivity index (χ4n) is 3.68. The Balaban J connectivity index is 1.40. The van der Waals surface area contributed by atoms with Gasteiger partial charge < -0.3 is 15.7 Å². The maximum atomic E-state index is 13.1. The summed E-state index contributed by atoms with van der Waals surface area (Å²) in [6.07, 6.45) is 3.53. The summed E-state index contributed by atoms with van der Waals surface area (Å²) >= 11 is 0. The van der Waals surface area contributed by atoms with Gasteiger partial charge in [0.1, 0.15) is 5.82 Å². The number of hydrogen-bond donors (Lipinski definition) is 3. The fraction of sp³-hybridized carbons (Fsp3) is 0.579. The Morgan fingerprint density at radius 2 is 1.92 bits per heavy atom. The van der Waals surface area contributed by atoms with Crippen LogP contribution in [0.3, 0.4) is 0 Å². The number of benzene rings is 1. The SMILES string of the molecule is CCN(CC(=O)O)C1CC(NC(=O)NCC2(c3ccc(F)cc3)CC2)C1. The van der Waals surface area contributed by atoms with Crippen LogP contribution < -0.4 is 10.6 Å². The smallest absolute Gasteiger partial charge is 0.317 e. The minimum atomic E-state index is -0.823. The summed E-state index contributed by atoms with van der Waals surface area (Å²) in [5.41, 5.74) is 1.00. The van der Waals surface area contributed by atoms with Gasteiger partial charge in [-0.1, -0.05) is 19.1 Å². The molecule has 142 valence electrons. The number of rotatable bonds is 8. The van der Waals surface area contributed by atoms with Crippen molar-refractivity contribution < 1.29 is 19.1 Å². The molecule has 0 atom stereocenters. The summed E-state index contributed by atoms with van der Waals surface area (Å²) in [5, 5.41) is 14.8. The van der Waals surface area contributed by atoms with Crippen molar-refractivity contribution in [1.29, 1.82) is 0 Å². The number of likely N-dealkylation sites (N-methyl/N-ethyl adjacent to an activating group) is 1. The van der Waals surface area contributed by atoms with Gasteiger partial charge in [0.2, 0.25) is 0 Å². The fourth-order valence-corrected chi connectivity index (χ4v) is 3.68. The third kappa shape index (κ3) is 4.33. The Kier molecular flexibility index (Phi) is 5.46. The van der Waals surface area contributed by atoms with Gasteiger partial charge in [-0.15, -0.1) is 0 Å². The average molecular weight is 363 g/mol. The van der Waals surface area contributed by atoms with Crippen LogP contribution in [0.5, 0.6) is 0 Å². The predicted molar refractivity (Wildman–Crippen MR) is 95.5 cm³/mol. The Bertz CT molecular complexity index is 654. The van der Waals surface area contributed by atoms with Crippen LogP contribution in [-0.4, -0.2) is 53.7 Å². The molecule has 0 radical (unpaired) electrons. The molecule has 2 fully saturated rings. The van der Waals surface area contributed by atoms with Crippen LogP contribution in [0.15, 0.2) is 24.3 Å². The van der Waals surface area contributed by atoms with Crippen molar-refractivity contribution in [3.05, 3.63) is 35.6 Å². The molecule has 3 N–H and O–H groups in total. The molecule has 1 aromatic carbocycles. The lowest BCUT2D eigenvalue weighted by Crippen LogP contribution is -2.56. The van der Waals surface area contributed by atoms with Gasteiger partial charge in [-0.2, -0.15) is 0 Å². The van der Waals surface area contributed by atoms with E-state index in [9.17, 15) is 14.0 Å². The lowest BCUT2D eigenvalue weighted by molar-refractivity contribution is -0.139. The largest absolute Gasteiger partial charge is 0.480 e. The molecule has 2 aliphatic carbocycles. The monoisotopic (exact) mass is 363 g/mol. The highest BCUT2D eigenvalue weighted by Gasteiger charge is 2.44. The van der Waals surface area contributed by atoms with Crippen LogP contribution in [0.4, 0.5) is 9.18 Å². The van der Waals surface area contributed by atoms with Crippen molar-refractivity contribution in [1.82, 2.24) is 15.5 Å². The second kappa shape index (κ2) is 7.61. The molecule has 0 unspecified atom stereocenters. The van der Waals surface area contributed by atoms with Crippen LogP contribution in [0.1, 0.15) is 38.2 Å². The molecular weight excluding hydrogens is 337 g/mol. The van der Waals surface area contributed by atoms with Crippen LogP contribution in [0, 0.1) is 5.82 Å². The number of urea groups is 1. The van der Waals surface area contributed by atoms with E-state index in [0.717, 1.165) is 31.2 Å². The van der Waals surface area contributed by atoms with Crippen LogP contribution in [0.2, 0.25) is 0 Å². The second-order valence-electron chi connectivity index (χ2n) is 7.39. The lowest BCUT2D eigenvalue weighted by atomic mass is 9.85. The van der Waals surface area contributed by atoms with Crippen LogP contribution >= 0.6 is 0 Å². The number of halogens is 1. The zero-order chi connectivity index (χ0) is 18.7. The third-order valence-corrected chi connectivity index (χ3v) is 5.61. The van der Waals surface area contributed by atoms with Crippen LogP contribution in [0.25, 0.3) is 0 Å². The first-order chi connectivity index (χ1) is 12.4. The van der Waals surface area contributed by atoms with E-state index in [0.29, 0.717) is 13.1 Å². The molecule has 0 bridgehead atoms. The second-order valence-corrected chi connectivity index (χ2v) is 7.39. The normalized spacial score (nSPS) is 23.2. The summed E-state index contributed by atoms with van der Waals surface area (Å²) < 4.78 is 13.1. The van der Waals surface area contributed by atoms with Gasteiger partial charge in [0.05, 0.1) is 6.54 Å². The van der Waals surface area contributed by atoms with E-state index >= 15 is 0 Å². The molecule has 1 aromatic rings. The molecule has 0 heterocycles. The Morgan fingerprint density at radius 1 is 1.27 bits per heavy atom. The van der Waals surface area contributed by atoms with Crippen molar-refractivity contribution in [2.45, 2.75) is 50.1 Å². The number of nitrogens with zero attached hydrogens (tertiary/aromatic N) is 1. The number of carboxylic acids is 1. The highest BCUT2D eigenvalue weighted by Crippen LogP contribution is 2.47. The summed E-state index contributed by atoms with van der Waals surface area (Å²) in [6.45, 7) is 3.22. The van der Waals surface area contributed by atoms with E-state index in [-0.39, 0.29) is 35.9 Å². The molecule has 26 heavy (non-hydrogen) atoms. The molecule has 0 saturated heterocycles. The van der Waals surface area contributed by atoms with Gasteiger partial charge in [0.15, 0.2) is 0 Å². The zero-order valence-corrected chi connectivity index (χ0v) is 15.0. The summed E-state index contributed by atoms with van der Waals surface area (Å²) in [6, 6.07) is 6.61. The van der Waals surface area contributed by atoms with Crippen molar-refractivity contribution >= 4 is 12.0 Å². The van der Waals surface area contributed by atoms with E-state index in [2.05, 4.69) is 10.6 Å². The lowest BCUT2D eigenvalue weighted by Gasteiger charge is -2.42. The summed E-state index contributed by atoms with van der Waals surface area (Å²) in [4.78, 5) is 24.9. The van der Waals surface area contributed by atoms with Gasteiger partial charge in [0, 0.05) is 24.0 Å². The molecule has 7 heteroatoms. The molecule has 0 aliphatic heterocycles. The minimum absolute atomic E-state index is 0.0419. The maximum Gasteiger partial charge on any atom is 0.317 e. The zero-order valence-electron chi connectivity index (χ0n) is 15.0. The van der Waals surface area contributed by atoms with Gasteiger partial charge in [0.25, 0.3) is 0 Å². The van der Waals surface area contributed by atoms with E-state index in [1.54, 1.807) is 12.1 Å². The first-order valence-electron chi connectivity index (χ1n) is 9.18. The highest BCUT2D eigenvalue weighted by atomic mass is 19.1. The molecule has 0 spiro atoms. The molecular formula is C19H26FN3O3. The number of aliphatic carboxylic acids is 1.